The second-order valence-electron chi connectivity index (χ2n) is 7.88. The molecule has 7 rings (SSSR count). The lowest BCUT2D eigenvalue weighted by Gasteiger charge is -2.11. The van der Waals surface area contributed by atoms with Crippen LogP contribution in [0, 0.1) is 0 Å². The van der Waals surface area contributed by atoms with Crippen LogP contribution in [0.5, 0.6) is 0 Å². The van der Waals surface area contributed by atoms with Gasteiger partial charge >= 0.3 is 0 Å². The topological polar surface area (TPSA) is 30.7 Å². The molecule has 0 amide bonds. The van der Waals surface area contributed by atoms with Crippen molar-refractivity contribution in [3.05, 3.63) is 103 Å². The van der Waals surface area contributed by atoms with Gasteiger partial charge in [-0.25, -0.2) is 9.97 Å². The molecule has 0 unspecified atom stereocenters. The summed E-state index contributed by atoms with van der Waals surface area (Å²) in [6, 6.07) is 35.9. The third-order valence-electron chi connectivity index (χ3n) is 6.04. The van der Waals surface area contributed by atoms with Crippen molar-refractivity contribution in [1.82, 2.24) is 14.5 Å². The summed E-state index contributed by atoms with van der Waals surface area (Å²) in [5, 5.41) is 4.77. The van der Waals surface area contributed by atoms with Crippen LogP contribution in [-0.4, -0.2) is 14.5 Å². The minimum absolute atomic E-state index is 0.751. The van der Waals surface area contributed by atoms with Gasteiger partial charge in [-0.3, -0.25) is 4.57 Å². The predicted octanol–water partition coefficient (Wildman–Crippen LogP) is 7.61. The fourth-order valence-corrected chi connectivity index (χ4v) is 5.70. The van der Waals surface area contributed by atoms with E-state index < -0.39 is 0 Å². The largest absolute Gasteiger partial charge is 0.293 e. The number of rotatable bonds is 2. The Kier molecular flexibility index (Phi) is 3.72. The van der Waals surface area contributed by atoms with E-state index in [2.05, 4.69) is 89.5 Å². The fraction of sp³-hybridized carbons (Fsp3) is 0. The van der Waals surface area contributed by atoms with Crippen molar-refractivity contribution in [1.29, 1.82) is 0 Å². The third-order valence-corrected chi connectivity index (χ3v) is 7.11. The summed E-state index contributed by atoms with van der Waals surface area (Å²) in [7, 11) is 0. The van der Waals surface area contributed by atoms with Gasteiger partial charge in [-0.1, -0.05) is 84.9 Å². The smallest absolute Gasteiger partial charge is 0.163 e. The van der Waals surface area contributed by atoms with Crippen molar-refractivity contribution >= 4 is 53.4 Å². The second kappa shape index (κ2) is 6.74. The molecule has 0 fully saturated rings. The van der Waals surface area contributed by atoms with Crippen molar-refractivity contribution in [2.24, 2.45) is 0 Å². The molecule has 0 saturated heterocycles. The molecule has 0 saturated carbocycles. The average Bonchev–Trinajstić information content (AvgIpc) is 3.40. The highest BCUT2D eigenvalue weighted by Crippen LogP contribution is 2.40. The SMILES string of the molecule is c1ccc(-c2nc(-n3c4ccccc4c4ccccc43)c3c(n2)sc2ccccc23)cc1. The highest BCUT2D eigenvalue weighted by molar-refractivity contribution is 7.25. The van der Waals surface area contributed by atoms with Crippen LogP contribution in [0.4, 0.5) is 0 Å². The van der Waals surface area contributed by atoms with Crippen molar-refractivity contribution in [3.63, 3.8) is 0 Å². The Balaban J connectivity index is 1.70. The van der Waals surface area contributed by atoms with E-state index >= 15 is 0 Å². The first kappa shape index (κ1) is 17.6. The van der Waals surface area contributed by atoms with Gasteiger partial charge in [-0.05, 0) is 18.2 Å². The van der Waals surface area contributed by atoms with Gasteiger partial charge in [0.2, 0.25) is 0 Å². The van der Waals surface area contributed by atoms with Gasteiger partial charge in [0.15, 0.2) is 11.6 Å². The van der Waals surface area contributed by atoms with E-state index in [4.69, 9.17) is 9.97 Å². The van der Waals surface area contributed by atoms with Gasteiger partial charge in [0.25, 0.3) is 0 Å². The van der Waals surface area contributed by atoms with Crippen LogP contribution in [0.15, 0.2) is 103 Å². The molecule has 4 heteroatoms. The monoisotopic (exact) mass is 427 g/mol. The van der Waals surface area contributed by atoms with Gasteiger partial charge in [0.05, 0.1) is 16.4 Å². The van der Waals surface area contributed by atoms with Crippen molar-refractivity contribution in [3.8, 4) is 17.2 Å². The summed E-state index contributed by atoms with van der Waals surface area (Å²) in [6.07, 6.45) is 0. The Morgan fingerprint density at radius 3 is 1.88 bits per heavy atom. The molecule has 150 valence electrons. The molecular weight excluding hydrogens is 410 g/mol. The Morgan fingerprint density at radius 1 is 0.562 bits per heavy atom. The summed E-state index contributed by atoms with van der Waals surface area (Å²) in [5.74, 6) is 1.69. The second-order valence-corrected chi connectivity index (χ2v) is 8.92. The van der Waals surface area contributed by atoms with Crippen LogP contribution in [0.1, 0.15) is 0 Å². The normalized spacial score (nSPS) is 11.8. The highest BCUT2D eigenvalue weighted by Gasteiger charge is 2.20. The molecule has 3 heterocycles. The quantitative estimate of drug-likeness (QED) is 0.284. The zero-order valence-electron chi connectivity index (χ0n) is 17.1. The zero-order valence-corrected chi connectivity index (χ0v) is 17.9. The van der Waals surface area contributed by atoms with Crippen LogP contribution >= 0.6 is 11.3 Å². The number of hydrogen-bond acceptors (Lipinski definition) is 3. The summed E-state index contributed by atoms with van der Waals surface area (Å²) in [5.41, 5.74) is 3.33. The van der Waals surface area contributed by atoms with E-state index in [-0.39, 0.29) is 0 Å². The molecule has 0 radical (unpaired) electrons. The van der Waals surface area contributed by atoms with Crippen molar-refractivity contribution < 1.29 is 0 Å². The summed E-state index contributed by atoms with van der Waals surface area (Å²) in [4.78, 5) is 11.2. The molecule has 3 aromatic heterocycles. The number of hydrogen-bond donors (Lipinski definition) is 0. The maximum Gasteiger partial charge on any atom is 0.163 e. The molecule has 32 heavy (non-hydrogen) atoms. The Hall–Kier alpha value is -4.02. The number of nitrogens with zero attached hydrogens (tertiary/aromatic N) is 3. The van der Waals surface area contributed by atoms with E-state index in [0.29, 0.717) is 0 Å². The molecule has 0 bridgehead atoms. The van der Waals surface area contributed by atoms with Crippen LogP contribution < -0.4 is 0 Å². The molecule has 0 N–H and O–H groups in total. The zero-order chi connectivity index (χ0) is 21.1. The number of fused-ring (bicyclic) bond motifs is 6. The molecule has 7 aromatic rings. The molecule has 3 nitrogen and oxygen atoms in total. The van der Waals surface area contributed by atoms with E-state index in [0.717, 1.165) is 38.5 Å². The molecule has 0 spiro atoms. The van der Waals surface area contributed by atoms with Crippen molar-refractivity contribution in [2.75, 3.05) is 0 Å². The van der Waals surface area contributed by atoms with E-state index in [9.17, 15) is 0 Å². The summed E-state index contributed by atoms with van der Waals surface area (Å²) in [6.45, 7) is 0. The molecule has 0 atom stereocenters. The lowest BCUT2D eigenvalue weighted by molar-refractivity contribution is 1.08. The fourth-order valence-electron chi connectivity index (χ4n) is 4.63. The van der Waals surface area contributed by atoms with Crippen LogP contribution in [0.2, 0.25) is 0 Å². The number of para-hydroxylation sites is 2. The van der Waals surface area contributed by atoms with Crippen molar-refractivity contribution in [2.45, 2.75) is 0 Å². The van der Waals surface area contributed by atoms with Gasteiger partial charge in [-0.2, -0.15) is 0 Å². The number of aromatic nitrogens is 3. The average molecular weight is 428 g/mol. The minimum Gasteiger partial charge on any atom is -0.293 e. The molecular formula is C28H17N3S. The van der Waals surface area contributed by atoms with E-state index in [1.165, 1.54) is 20.9 Å². The number of thiophene rings is 1. The lowest BCUT2D eigenvalue weighted by Crippen LogP contribution is -2.01. The molecule has 0 aliphatic heterocycles. The first-order valence-electron chi connectivity index (χ1n) is 10.6. The standard InChI is InChI=1S/C28H17N3S/c1-2-10-18(11-3-1)26-29-27(25-21-14-6-9-17-24(21)32-28(25)30-26)31-22-15-7-4-12-19(22)20-13-5-8-16-23(20)31/h1-17H. The third kappa shape index (κ3) is 2.47. The Morgan fingerprint density at radius 2 is 1.16 bits per heavy atom. The lowest BCUT2D eigenvalue weighted by atomic mass is 10.2. The molecule has 0 aliphatic rings. The van der Waals surface area contributed by atoms with Gasteiger partial charge in [-0.15, -0.1) is 11.3 Å². The first-order valence-corrected chi connectivity index (χ1v) is 11.4. The predicted molar refractivity (Wildman–Crippen MR) is 135 cm³/mol. The maximum atomic E-state index is 5.19. The van der Waals surface area contributed by atoms with Crippen LogP contribution in [0.3, 0.4) is 0 Å². The van der Waals surface area contributed by atoms with E-state index in [1.807, 2.05) is 18.2 Å². The molecule has 0 aliphatic carbocycles. The van der Waals surface area contributed by atoms with E-state index in [1.54, 1.807) is 11.3 Å². The summed E-state index contributed by atoms with van der Waals surface area (Å²) >= 11 is 1.73. The van der Waals surface area contributed by atoms with Gasteiger partial charge in [0.1, 0.15) is 4.83 Å². The Labute approximate surface area is 188 Å². The highest BCUT2D eigenvalue weighted by atomic mass is 32.1. The Bertz CT molecular complexity index is 1720. The van der Waals surface area contributed by atoms with Crippen LogP contribution in [-0.2, 0) is 0 Å². The summed E-state index contributed by atoms with van der Waals surface area (Å²) < 4.78 is 3.53. The maximum absolute atomic E-state index is 5.19. The minimum atomic E-state index is 0.751. The molecule has 4 aromatic carbocycles. The first-order chi connectivity index (χ1) is 15.9. The van der Waals surface area contributed by atoms with Gasteiger partial charge in [0, 0.05) is 26.4 Å². The number of benzene rings is 4. The van der Waals surface area contributed by atoms with Crippen LogP contribution in [0.25, 0.3) is 59.3 Å². The van der Waals surface area contributed by atoms with Gasteiger partial charge < -0.3 is 0 Å².